The van der Waals surface area contributed by atoms with Crippen molar-refractivity contribution in [1.29, 1.82) is 0 Å². The highest BCUT2D eigenvalue weighted by molar-refractivity contribution is 6.01. The second kappa shape index (κ2) is 7.26. The quantitative estimate of drug-likeness (QED) is 0.641. The Balaban J connectivity index is 2.48. The van der Waals surface area contributed by atoms with Crippen LogP contribution in [0.25, 0.3) is 0 Å². The van der Waals surface area contributed by atoms with Gasteiger partial charge in [0.1, 0.15) is 11.9 Å². The lowest BCUT2D eigenvalue weighted by atomic mass is 10.0. The van der Waals surface area contributed by atoms with Crippen molar-refractivity contribution in [3.63, 3.8) is 0 Å². The molecule has 0 atom stereocenters. The van der Waals surface area contributed by atoms with Crippen molar-refractivity contribution in [2.45, 2.75) is 25.9 Å². The fraction of sp³-hybridized carbons (Fsp3) is 0.533. The minimum Gasteiger partial charge on any atom is -0.383 e. The number of halogens is 1. The molecule has 1 aliphatic heterocycles. The third kappa shape index (κ3) is 3.69. The number of nitrogens with zero attached hydrogens (tertiary/aromatic N) is 2. The van der Waals surface area contributed by atoms with Crippen LogP contribution in [-0.4, -0.2) is 43.7 Å². The molecule has 23 heavy (non-hydrogen) atoms. The minimum atomic E-state index is -0.832. The molecule has 1 aromatic carbocycles. The number of piperidine rings is 1. The Morgan fingerprint density at radius 2 is 2.09 bits per heavy atom. The predicted octanol–water partition coefficient (Wildman–Crippen LogP) is 2.32. The van der Waals surface area contributed by atoms with E-state index in [4.69, 9.17) is 0 Å². The first kappa shape index (κ1) is 17.0. The highest BCUT2D eigenvalue weighted by atomic mass is 19.1. The van der Waals surface area contributed by atoms with Crippen LogP contribution in [0.5, 0.6) is 0 Å². The average Bonchev–Trinajstić information content (AvgIpc) is 2.54. The first-order valence-electron chi connectivity index (χ1n) is 7.65. The molecule has 2 rings (SSSR count). The molecule has 1 heterocycles. The summed E-state index contributed by atoms with van der Waals surface area (Å²) in [5, 5.41) is 16.7. The van der Waals surface area contributed by atoms with Gasteiger partial charge in [0.15, 0.2) is 0 Å². The maximum absolute atomic E-state index is 13.4. The SMILES string of the molecule is CCNC(=O)c1cc([N+](=O)[O-])c(NC)cc1N1CCC(F)CC1. The van der Waals surface area contributed by atoms with Gasteiger partial charge in [0.2, 0.25) is 0 Å². The Bertz CT molecular complexity index is 601. The first-order chi connectivity index (χ1) is 11.0. The maximum Gasteiger partial charge on any atom is 0.293 e. The van der Waals surface area contributed by atoms with Crippen LogP contribution in [0.3, 0.4) is 0 Å². The lowest BCUT2D eigenvalue weighted by molar-refractivity contribution is -0.383. The lowest BCUT2D eigenvalue weighted by Crippen LogP contribution is -2.36. The molecule has 0 saturated carbocycles. The number of carbonyl (C=O) groups is 1. The summed E-state index contributed by atoms with van der Waals surface area (Å²) in [5.74, 6) is -0.365. The van der Waals surface area contributed by atoms with Gasteiger partial charge >= 0.3 is 0 Å². The number of amides is 1. The van der Waals surface area contributed by atoms with Gasteiger partial charge in [-0.25, -0.2) is 4.39 Å². The molecular formula is C15H21FN4O3. The standard InChI is InChI=1S/C15H21FN4O3/c1-3-18-15(21)11-8-14(20(22)23)12(17-2)9-13(11)19-6-4-10(16)5-7-19/h8-10,17H,3-7H2,1-2H3,(H,18,21). The zero-order chi connectivity index (χ0) is 17.0. The molecule has 0 aliphatic carbocycles. The third-order valence-corrected chi connectivity index (χ3v) is 3.93. The Kier molecular flexibility index (Phi) is 5.36. The molecule has 0 unspecified atom stereocenters. The van der Waals surface area contributed by atoms with Crippen LogP contribution in [-0.2, 0) is 0 Å². The van der Waals surface area contributed by atoms with Crippen LogP contribution < -0.4 is 15.5 Å². The second-order valence-corrected chi connectivity index (χ2v) is 5.41. The minimum absolute atomic E-state index is 0.155. The smallest absolute Gasteiger partial charge is 0.293 e. The van der Waals surface area contributed by atoms with E-state index in [1.165, 1.54) is 6.07 Å². The van der Waals surface area contributed by atoms with Crippen LogP contribution in [0.2, 0.25) is 0 Å². The van der Waals surface area contributed by atoms with Crippen LogP contribution in [0.15, 0.2) is 12.1 Å². The van der Waals surface area contributed by atoms with Gasteiger partial charge in [-0.2, -0.15) is 0 Å². The van der Waals surface area contributed by atoms with E-state index in [1.54, 1.807) is 20.0 Å². The number of nitro groups is 1. The van der Waals surface area contributed by atoms with E-state index in [0.29, 0.717) is 43.9 Å². The highest BCUT2D eigenvalue weighted by Crippen LogP contribution is 2.34. The number of benzene rings is 1. The summed E-state index contributed by atoms with van der Waals surface area (Å²) in [4.78, 5) is 24.9. The van der Waals surface area contributed by atoms with Gasteiger partial charge in [-0.3, -0.25) is 14.9 Å². The Morgan fingerprint density at radius 1 is 1.43 bits per heavy atom. The van der Waals surface area contributed by atoms with Crippen molar-refractivity contribution in [3.8, 4) is 0 Å². The van der Waals surface area contributed by atoms with Gasteiger partial charge in [-0.05, 0) is 25.8 Å². The number of alkyl halides is 1. The highest BCUT2D eigenvalue weighted by Gasteiger charge is 2.26. The second-order valence-electron chi connectivity index (χ2n) is 5.41. The number of anilines is 2. The molecule has 0 spiro atoms. The van der Waals surface area contributed by atoms with E-state index >= 15 is 0 Å². The van der Waals surface area contributed by atoms with Gasteiger partial charge in [0.05, 0.1) is 16.2 Å². The molecule has 7 nitrogen and oxygen atoms in total. The Morgan fingerprint density at radius 3 is 2.61 bits per heavy atom. The van der Waals surface area contributed by atoms with Crippen molar-refractivity contribution in [2.24, 2.45) is 0 Å². The van der Waals surface area contributed by atoms with Crippen LogP contribution in [0.4, 0.5) is 21.5 Å². The molecule has 0 bridgehead atoms. The Hall–Kier alpha value is -2.38. The molecule has 126 valence electrons. The number of rotatable bonds is 5. The number of carbonyl (C=O) groups excluding carboxylic acids is 1. The summed E-state index contributed by atoms with van der Waals surface area (Å²) < 4.78 is 13.4. The van der Waals surface area contributed by atoms with E-state index in [2.05, 4.69) is 10.6 Å². The van der Waals surface area contributed by atoms with Crippen LogP contribution >= 0.6 is 0 Å². The summed E-state index contributed by atoms with van der Waals surface area (Å²) in [6, 6.07) is 2.88. The van der Waals surface area contributed by atoms with Gasteiger partial charge in [-0.15, -0.1) is 0 Å². The van der Waals surface area contributed by atoms with Crippen molar-refractivity contribution < 1.29 is 14.1 Å². The molecule has 1 amide bonds. The summed E-state index contributed by atoms with van der Waals surface area (Å²) in [6.07, 6.45) is -0.0532. The molecular weight excluding hydrogens is 303 g/mol. The maximum atomic E-state index is 13.4. The zero-order valence-corrected chi connectivity index (χ0v) is 13.3. The van der Waals surface area contributed by atoms with Gasteiger partial charge < -0.3 is 15.5 Å². The molecule has 1 fully saturated rings. The van der Waals surface area contributed by atoms with Crippen molar-refractivity contribution in [1.82, 2.24) is 5.32 Å². The summed E-state index contributed by atoms with van der Waals surface area (Å²) in [7, 11) is 1.59. The fourth-order valence-electron chi connectivity index (χ4n) is 2.72. The normalized spacial score (nSPS) is 15.3. The van der Waals surface area contributed by atoms with E-state index < -0.39 is 11.1 Å². The molecule has 8 heteroatoms. The summed E-state index contributed by atoms with van der Waals surface area (Å²) in [6.45, 7) is 3.16. The van der Waals surface area contributed by atoms with E-state index in [-0.39, 0.29) is 17.2 Å². The van der Waals surface area contributed by atoms with E-state index in [1.807, 2.05) is 4.90 Å². The molecule has 1 saturated heterocycles. The molecule has 2 N–H and O–H groups in total. The lowest BCUT2D eigenvalue weighted by Gasteiger charge is -2.32. The molecule has 0 radical (unpaired) electrons. The fourth-order valence-corrected chi connectivity index (χ4v) is 2.72. The molecule has 0 aromatic heterocycles. The van der Waals surface area contributed by atoms with Crippen molar-refractivity contribution >= 4 is 23.0 Å². The van der Waals surface area contributed by atoms with E-state index in [0.717, 1.165) is 0 Å². The van der Waals surface area contributed by atoms with Crippen molar-refractivity contribution in [3.05, 3.63) is 27.8 Å². The van der Waals surface area contributed by atoms with E-state index in [9.17, 15) is 19.3 Å². The number of hydrogen-bond donors (Lipinski definition) is 2. The number of hydrogen-bond acceptors (Lipinski definition) is 5. The zero-order valence-electron chi connectivity index (χ0n) is 13.3. The summed E-state index contributed by atoms with van der Waals surface area (Å²) in [5.41, 5.74) is 1.02. The molecule has 1 aliphatic rings. The Labute approximate surface area is 134 Å². The van der Waals surface area contributed by atoms with Crippen LogP contribution in [0.1, 0.15) is 30.1 Å². The van der Waals surface area contributed by atoms with Crippen LogP contribution in [0, 0.1) is 10.1 Å². The average molecular weight is 324 g/mol. The summed E-state index contributed by atoms with van der Waals surface area (Å²) >= 11 is 0. The largest absolute Gasteiger partial charge is 0.383 e. The van der Waals surface area contributed by atoms with Gasteiger partial charge in [0.25, 0.3) is 11.6 Å². The predicted molar refractivity (Wildman–Crippen MR) is 87.0 cm³/mol. The number of nitro benzene ring substituents is 1. The van der Waals surface area contributed by atoms with Crippen molar-refractivity contribution in [2.75, 3.05) is 36.9 Å². The number of nitrogens with one attached hydrogen (secondary N) is 2. The van der Waals surface area contributed by atoms with Gasteiger partial charge in [-0.1, -0.05) is 0 Å². The third-order valence-electron chi connectivity index (χ3n) is 3.93. The first-order valence-corrected chi connectivity index (χ1v) is 7.65. The monoisotopic (exact) mass is 324 g/mol. The molecule has 1 aromatic rings. The van der Waals surface area contributed by atoms with Gasteiger partial charge in [0, 0.05) is 32.7 Å². The topological polar surface area (TPSA) is 87.5 Å².